The summed E-state index contributed by atoms with van der Waals surface area (Å²) in [6.45, 7) is 9.26. The normalized spacial score (nSPS) is 17.1. The zero-order valence-corrected chi connectivity index (χ0v) is 12.9. The van der Waals surface area contributed by atoms with Crippen molar-refractivity contribution in [2.45, 2.75) is 38.9 Å². The zero-order chi connectivity index (χ0) is 13.5. The highest BCUT2D eigenvalue weighted by Crippen LogP contribution is 2.31. The van der Waals surface area contributed by atoms with Crippen molar-refractivity contribution in [3.8, 4) is 11.5 Å². The van der Waals surface area contributed by atoms with Gasteiger partial charge in [-0.3, -0.25) is 0 Å². The summed E-state index contributed by atoms with van der Waals surface area (Å²) in [5.41, 5.74) is 0.965. The van der Waals surface area contributed by atoms with Crippen LogP contribution >= 0.6 is 0 Å². The van der Waals surface area contributed by atoms with Crippen molar-refractivity contribution in [2.24, 2.45) is 0 Å². The maximum atomic E-state index is 4.46. The molecule has 0 radical (unpaired) electrons. The van der Waals surface area contributed by atoms with E-state index in [1.165, 1.54) is 25.1 Å². The molecule has 0 aromatic carbocycles. The third-order valence-electron chi connectivity index (χ3n) is 3.69. The molecule has 0 aliphatic carbocycles. The number of aromatic nitrogens is 4. The minimum Gasteiger partial charge on any atom is -0.357 e. The second kappa shape index (κ2) is 4.59. The van der Waals surface area contributed by atoms with Gasteiger partial charge in [-0.2, -0.15) is 0 Å². The van der Waals surface area contributed by atoms with Gasteiger partial charge >= 0.3 is 0 Å². The van der Waals surface area contributed by atoms with Crippen molar-refractivity contribution in [1.82, 2.24) is 19.2 Å². The Labute approximate surface area is 115 Å². The molecule has 6 heteroatoms. The SMILES string of the molecule is C[Si](C)(C)n1cnc2ncnc-2c1N1CCCCC1. The lowest BCUT2D eigenvalue weighted by Gasteiger charge is -2.35. The summed E-state index contributed by atoms with van der Waals surface area (Å²) >= 11 is 0. The molecule has 0 unspecified atom stereocenters. The Bertz CT molecular complexity index is 539. The Morgan fingerprint density at radius 1 is 1.00 bits per heavy atom. The van der Waals surface area contributed by atoms with E-state index in [2.05, 4.69) is 43.7 Å². The van der Waals surface area contributed by atoms with Gasteiger partial charge in [0.25, 0.3) is 0 Å². The standard InChI is InChI=1S/C13H21N5Si/c1-19(2,3)18-10-16-12-11(14-9-15-12)13(18)17-7-5-4-6-8-17/h9-10H,4-8H2,1-3H3. The molecule has 0 bridgehead atoms. The van der Waals surface area contributed by atoms with Gasteiger partial charge in [-0.05, 0) is 19.3 Å². The van der Waals surface area contributed by atoms with Crippen molar-refractivity contribution in [2.75, 3.05) is 18.0 Å². The zero-order valence-electron chi connectivity index (χ0n) is 11.9. The molecule has 0 N–H and O–H groups in total. The smallest absolute Gasteiger partial charge is 0.184 e. The minimum absolute atomic E-state index is 0.773. The number of piperidine rings is 1. The van der Waals surface area contributed by atoms with Crippen LogP contribution in [0.25, 0.3) is 11.5 Å². The second-order valence-corrected chi connectivity index (χ2v) is 11.0. The Balaban J connectivity index is 2.15. The molecule has 0 spiro atoms. The second-order valence-electron chi connectivity index (χ2n) is 6.20. The number of nitrogens with zero attached hydrogens (tertiary/aromatic N) is 5. The van der Waals surface area contributed by atoms with Gasteiger partial charge in [0.2, 0.25) is 0 Å². The predicted octanol–water partition coefficient (Wildman–Crippen LogP) is 2.45. The van der Waals surface area contributed by atoms with Crippen LogP contribution in [0, 0.1) is 0 Å². The van der Waals surface area contributed by atoms with Crippen LogP contribution in [0.1, 0.15) is 19.3 Å². The highest BCUT2D eigenvalue weighted by Gasteiger charge is 2.28. The van der Waals surface area contributed by atoms with E-state index in [4.69, 9.17) is 0 Å². The summed E-state index contributed by atoms with van der Waals surface area (Å²) in [6.07, 6.45) is 7.46. The lowest BCUT2D eigenvalue weighted by atomic mass is 10.1. The highest BCUT2D eigenvalue weighted by atomic mass is 28.3. The maximum absolute atomic E-state index is 4.46. The highest BCUT2D eigenvalue weighted by molar-refractivity contribution is 6.75. The molecule has 1 saturated heterocycles. The summed E-state index contributed by atoms with van der Waals surface area (Å²) in [7, 11) is -1.51. The Hall–Kier alpha value is -1.43. The van der Waals surface area contributed by atoms with E-state index < -0.39 is 8.24 Å². The van der Waals surface area contributed by atoms with Crippen molar-refractivity contribution in [1.29, 1.82) is 0 Å². The largest absolute Gasteiger partial charge is 0.357 e. The maximum Gasteiger partial charge on any atom is 0.184 e. The topological polar surface area (TPSA) is 46.8 Å². The van der Waals surface area contributed by atoms with Crippen molar-refractivity contribution in [3.63, 3.8) is 0 Å². The first-order chi connectivity index (χ1) is 9.07. The molecular formula is C13H21N5Si. The van der Waals surface area contributed by atoms with Gasteiger partial charge in [0.1, 0.15) is 17.8 Å². The summed E-state index contributed by atoms with van der Waals surface area (Å²) in [5, 5.41) is 0. The van der Waals surface area contributed by atoms with E-state index >= 15 is 0 Å². The molecule has 3 rings (SSSR count). The van der Waals surface area contributed by atoms with Crippen LogP contribution in [-0.2, 0) is 0 Å². The summed E-state index contributed by atoms with van der Waals surface area (Å²) in [5.74, 6) is 2.01. The lowest BCUT2D eigenvalue weighted by molar-refractivity contribution is 0.570. The van der Waals surface area contributed by atoms with E-state index in [0.717, 1.165) is 24.6 Å². The molecule has 3 aliphatic heterocycles. The van der Waals surface area contributed by atoms with Gasteiger partial charge in [-0.1, -0.05) is 19.6 Å². The molecule has 19 heavy (non-hydrogen) atoms. The van der Waals surface area contributed by atoms with Gasteiger partial charge in [-0.15, -0.1) is 0 Å². The molecule has 3 aliphatic rings. The first-order valence-electron chi connectivity index (χ1n) is 7.01. The fraction of sp³-hybridized carbons (Fsp3) is 0.615. The molecule has 1 fully saturated rings. The van der Waals surface area contributed by atoms with Crippen LogP contribution in [0.2, 0.25) is 19.6 Å². The quantitative estimate of drug-likeness (QED) is 0.790. The van der Waals surface area contributed by atoms with Gasteiger partial charge in [-0.25, -0.2) is 15.0 Å². The molecule has 5 nitrogen and oxygen atoms in total. The van der Waals surface area contributed by atoms with Crippen LogP contribution in [0.4, 0.5) is 5.82 Å². The Morgan fingerprint density at radius 3 is 2.42 bits per heavy atom. The molecule has 0 saturated carbocycles. The molecular weight excluding hydrogens is 254 g/mol. The number of hydrogen-bond donors (Lipinski definition) is 0. The summed E-state index contributed by atoms with van der Waals surface area (Å²) in [4.78, 5) is 15.6. The van der Waals surface area contributed by atoms with E-state index in [0.29, 0.717) is 0 Å². The Morgan fingerprint density at radius 2 is 1.74 bits per heavy atom. The molecule has 0 aromatic heterocycles. The number of rotatable bonds is 2. The van der Waals surface area contributed by atoms with Crippen molar-refractivity contribution >= 4 is 14.1 Å². The molecule has 0 amide bonds. The van der Waals surface area contributed by atoms with E-state index in [9.17, 15) is 0 Å². The number of fused-ring (bicyclic) bond motifs is 1. The monoisotopic (exact) mass is 275 g/mol. The van der Waals surface area contributed by atoms with E-state index in [1.807, 2.05) is 6.33 Å². The van der Waals surface area contributed by atoms with Crippen molar-refractivity contribution < 1.29 is 0 Å². The van der Waals surface area contributed by atoms with Crippen LogP contribution in [0.3, 0.4) is 0 Å². The molecule has 0 aromatic rings. The van der Waals surface area contributed by atoms with Gasteiger partial charge in [0.05, 0.1) is 6.33 Å². The number of hydrogen-bond acceptors (Lipinski definition) is 4. The Kier molecular flexibility index (Phi) is 3.04. The van der Waals surface area contributed by atoms with Gasteiger partial charge < -0.3 is 9.13 Å². The molecule has 0 atom stereocenters. The third kappa shape index (κ3) is 2.25. The van der Waals surface area contributed by atoms with Crippen LogP contribution in [-0.4, -0.2) is 40.5 Å². The molecule has 3 heterocycles. The van der Waals surface area contributed by atoms with Crippen LogP contribution in [0.15, 0.2) is 12.7 Å². The van der Waals surface area contributed by atoms with Crippen LogP contribution in [0.5, 0.6) is 0 Å². The van der Waals surface area contributed by atoms with Crippen molar-refractivity contribution in [3.05, 3.63) is 12.7 Å². The fourth-order valence-electron chi connectivity index (χ4n) is 2.69. The van der Waals surface area contributed by atoms with Gasteiger partial charge in [0.15, 0.2) is 14.1 Å². The van der Waals surface area contributed by atoms with Gasteiger partial charge in [0, 0.05) is 13.1 Å². The first kappa shape index (κ1) is 12.6. The average Bonchev–Trinajstić information content (AvgIpc) is 2.85. The minimum atomic E-state index is -1.51. The molecule has 102 valence electrons. The summed E-state index contributed by atoms with van der Waals surface area (Å²) in [6, 6.07) is 0. The van der Waals surface area contributed by atoms with Crippen LogP contribution < -0.4 is 4.90 Å². The number of imidazole rings is 1. The van der Waals surface area contributed by atoms with E-state index in [1.54, 1.807) is 6.33 Å². The lowest BCUT2D eigenvalue weighted by Crippen LogP contribution is -2.40. The first-order valence-corrected chi connectivity index (χ1v) is 10.5. The fourth-order valence-corrected chi connectivity index (χ4v) is 3.98. The predicted molar refractivity (Wildman–Crippen MR) is 79.2 cm³/mol. The number of anilines is 1. The summed E-state index contributed by atoms with van der Waals surface area (Å²) < 4.78 is 2.37. The van der Waals surface area contributed by atoms with E-state index in [-0.39, 0.29) is 0 Å². The average molecular weight is 275 g/mol. The third-order valence-corrected chi connectivity index (χ3v) is 5.47.